The van der Waals surface area contributed by atoms with Gasteiger partial charge in [0.05, 0.1) is 6.20 Å². The molecule has 84 valence electrons. The molecular weight excluding hydrogens is 254 g/mol. The minimum absolute atomic E-state index is 0.0372. The van der Waals surface area contributed by atoms with E-state index >= 15 is 0 Å². The van der Waals surface area contributed by atoms with Crippen LogP contribution in [-0.2, 0) is 10.0 Å². The maximum absolute atomic E-state index is 11.7. The summed E-state index contributed by atoms with van der Waals surface area (Å²) in [5, 5.41) is 5.79. The number of hydrogen-bond donors (Lipinski definition) is 2. The Morgan fingerprint density at radius 3 is 2.75 bits per heavy atom. The maximum atomic E-state index is 11.7. The number of hydrogen-bond acceptors (Lipinski definition) is 5. The molecule has 0 fully saturated rings. The van der Waals surface area contributed by atoms with Gasteiger partial charge >= 0.3 is 0 Å². The topological polar surface area (TPSA) is 101 Å². The fraction of sp³-hybridized carbons (Fsp3) is 0. The van der Waals surface area contributed by atoms with Crippen molar-refractivity contribution >= 4 is 27.4 Å². The first-order valence-corrected chi connectivity index (χ1v) is 5.95. The van der Waals surface area contributed by atoms with E-state index in [0.717, 1.165) is 0 Å². The molecule has 0 saturated carbocycles. The zero-order valence-electron chi connectivity index (χ0n) is 7.75. The first-order chi connectivity index (χ1) is 7.58. The third kappa shape index (κ3) is 2.28. The molecule has 2 aromatic rings. The van der Waals surface area contributed by atoms with Crippen molar-refractivity contribution in [1.82, 2.24) is 20.2 Å². The fourth-order valence-corrected chi connectivity index (χ4v) is 2.04. The number of aromatic nitrogens is 4. The van der Waals surface area contributed by atoms with E-state index in [4.69, 9.17) is 11.6 Å². The highest BCUT2D eigenvalue weighted by molar-refractivity contribution is 7.92. The van der Waals surface area contributed by atoms with Gasteiger partial charge in [-0.25, -0.2) is 4.98 Å². The average Bonchev–Trinajstić information content (AvgIpc) is 2.69. The SMILES string of the molecule is O=S(=O)(Nc1ccnc(Cl)n1)c1ccn[nH]1. The van der Waals surface area contributed by atoms with Crippen molar-refractivity contribution in [2.75, 3.05) is 4.72 Å². The summed E-state index contributed by atoms with van der Waals surface area (Å²) in [5.74, 6) is 0.0922. The highest BCUT2D eigenvalue weighted by Gasteiger charge is 2.16. The molecule has 0 atom stereocenters. The zero-order valence-corrected chi connectivity index (χ0v) is 9.33. The van der Waals surface area contributed by atoms with Gasteiger partial charge < -0.3 is 0 Å². The molecule has 7 nitrogen and oxygen atoms in total. The fourth-order valence-electron chi connectivity index (χ4n) is 0.977. The lowest BCUT2D eigenvalue weighted by Gasteiger charge is -2.04. The largest absolute Gasteiger partial charge is 0.279 e. The van der Waals surface area contributed by atoms with Gasteiger partial charge in [0.25, 0.3) is 10.0 Å². The van der Waals surface area contributed by atoms with Crippen LogP contribution in [0.1, 0.15) is 0 Å². The van der Waals surface area contributed by atoms with Crippen molar-refractivity contribution in [3.8, 4) is 0 Å². The summed E-state index contributed by atoms with van der Waals surface area (Å²) in [6, 6.07) is 2.71. The minimum Gasteiger partial charge on any atom is -0.266 e. The van der Waals surface area contributed by atoms with Crippen LogP contribution in [0.4, 0.5) is 5.82 Å². The number of rotatable bonds is 3. The standard InChI is InChI=1S/C7H6ClN5O2S/c8-7-9-3-1-5(11-7)13-16(14,15)6-2-4-10-12-6/h1-4H,(H,10,12)(H,9,11,13). The first-order valence-electron chi connectivity index (χ1n) is 4.09. The molecule has 2 rings (SSSR count). The van der Waals surface area contributed by atoms with Gasteiger partial charge in [0.1, 0.15) is 5.82 Å². The predicted molar refractivity (Wildman–Crippen MR) is 56.4 cm³/mol. The second-order valence-corrected chi connectivity index (χ2v) is 4.73. The smallest absolute Gasteiger partial charge is 0.266 e. The van der Waals surface area contributed by atoms with E-state index in [1.165, 1.54) is 24.5 Å². The first kappa shape index (κ1) is 10.8. The van der Waals surface area contributed by atoms with Gasteiger partial charge in [0.15, 0.2) is 5.03 Å². The van der Waals surface area contributed by atoms with E-state index in [1.54, 1.807) is 0 Å². The van der Waals surface area contributed by atoms with E-state index in [-0.39, 0.29) is 16.1 Å². The Morgan fingerprint density at radius 1 is 1.31 bits per heavy atom. The third-order valence-electron chi connectivity index (χ3n) is 1.63. The number of H-pyrrole nitrogens is 1. The Labute approximate surface area is 95.9 Å². The summed E-state index contributed by atoms with van der Waals surface area (Å²) in [6.45, 7) is 0. The van der Waals surface area contributed by atoms with Crippen LogP contribution in [0.5, 0.6) is 0 Å². The van der Waals surface area contributed by atoms with Gasteiger partial charge in [-0.05, 0) is 23.7 Å². The lowest BCUT2D eigenvalue weighted by Crippen LogP contribution is -2.14. The van der Waals surface area contributed by atoms with Crippen LogP contribution in [-0.4, -0.2) is 28.6 Å². The van der Waals surface area contributed by atoms with Gasteiger partial charge in [0, 0.05) is 6.20 Å². The van der Waals surface area contributed by atoms with Crippen LogP contribution in [0, 0.1) is 0 Å². The van der Waals surface area contributed by atoms with E-state index in [1.807, 2.05) is 0 Å². The van der Waals surface area contributed by atoms with Crippen molar-refractivity contribution in [2.45, 2.75) is 5.03 Å². The van der Waals surface area contributed by atoms with Gasteiger partial charge in [-0.15, -0.1) is 0 Å². The molecule has 16 heavy (non-hydrogen) atoms. The Morgan fingerprint density at radius 2 is 2.12 bits per heavy atom. The number of sulfonamides is 1. The Kier molecular flexibility index (Phi) is 2.75. The highest BCUT2D eigenvalue weighted by atomic mass is 35.5. The normalized spacial score (nSPS) is 11.3. The van der Waals surface area contributed by atoms with Crippen molar-refractivity contribution in [3.63, 3.8) is 0 Å². The molecule has 0 aromatic carbocycles. The molecule has 0 spiro atoms. The molecule has 0 aliphatic rings. The molecule has 9 heteroatoms. The number of nitrogens with one attached hydrogen (secondary N) is 2. The van der Waals surface area contributed by atoms with Crippen LogP contribution in [0.2, 0.25) is 5.28 Å². The minimum atomic E-state index is -3.70. The summed E-state index contributed by atoms with van der Waals surface area (Å²) >= 11 is 5.52. The average molecular weight is 260 g/mol. The van der Waals surface area contributed by atoms with E-state index in [0.29, 0.717) is 0 Å². The van der Waals surface area contributed by atoms with Gasteiger partial charge in [-0.3, -0.25) is 9.82 Å². The summed E-state index contributed by atoms with van der Waals surface area (Å²) in [7, 11) is -3.70. The Hall–Kier alpha value is -1.67. The van der Waals surface area contributed by atoms with Crippen LogP contribution < -0.4 is 4.72 Å². The van der Waals surface area contributed by atoms with Crippen LogP contribution in [0.3, 0.4) is 0 Å². The van der Waals surface area contributed by atoms with Crippen LogP contribution >= 0.6 is 11.6 Å². The van der Waals surface area contributed by atoms with Crippen LogP contribution in [0.15, 0.2) is 29.6 Å². The van der Waals surface area contributed by atoms with E-state index in [9.17, 15) is 8.42 Å². The molecule has 0 bridgehead atoms. The van der Waals surface area contributed by atoms with Crippen molar-refractivity contribution in [2.24, 2.45) is 0 Å². The van der Waals surface area contributed by atoms with Gasteiger partial charge in [-0.2, -0.15) is 18.5 Å². The number of nitrogens with zero attached hydrogens (tertiary/aromatic N) is 3. The number of anilines is 1. The molecule has 0 aliphatic heterocycles. The monoisotopic (exact) mass is 259 g/mol. The summed E-state index contributed by atoms with van der Waals surface area (Å²) < 4.78 is 25.6. The predicted octanol–water partition coefficient (Wildman–Crippen LogP) is 0.654. The molecule has 2 N–H and O–H groups in total. The summed E-state index contributed by atoms with van der Waals surface area (Å²) in [5.41, 5.74) is 0. The molecule has 0 unspecified atom stereocenters. The van der Waals surface area contributed by atoms with Crippen molar-refractivity contribution in [1.29, 1.82) is 0 Å². The maximum Gasteiger partial charge on any atom is 0.279 e. The van der Waals surface area contributed by atoms with Gasteiger partial charge in [-0.1, -0.05) is 0 Å². The quantitative estimate of drug-likeness (QED) is 0.789. The van der Waals surface area contributed by atoms with Crippen molar-refractivity contribution < 1.29 is 8.42 Å². The molecule has 2 aromatic heterocycles. The molecule has 0 amide bonds. The molecule has 0 saturated heterocycles. The Balaban J connectivity index is 2.29. The summed E-state index contributed by atoms with van der Waals surface area (Å²) in [6.07, 6.45) is 2.68. The van der Waals surface area contributed by atoms with E-state index in [2.05, 4.69) is 24.9 Å². The molecular formula is C7H6ClN5O2S. The van der Waals surface area contributed by atoms with Crippen LogP contribution in [0.25, 0.3) is 0 Å². The Bertz CT molecular complexity index is 583. The van der Waals surface area contributed by atoms with E-state index < -0.39 is 10.0 Å². The molecule has 0 aliphatic carbocycles. The number of aromatic amines is 1. The lowest BCUT2D eigenvalue weighted by atomic mass is 10.6. The molecule has 2 heterocycles. The number of halogens is 1. The zero-order chi connectivity index (χ0) is 11.6. The van der Waals surface area contributed by atoms with Gasteiger partial charge in [0.2, 0.25) is 5.28 Å². The van der Waals surface area contributed by atoms with Crippen molar-refractivity contribution in [3.05, 3.63) is 29.8 Å². The lowest BCUT2D eigenvalue weighted by molar-refractivity contribution is 0.597. The highest BCUT2D eigenvalue weighted by Crippen LogP contribution is 2.12. The summed E-state index contributed by atoms with van der Waals surface area (Å²) in [4.78, 5) is 7.33. The second-order valence-electron chi connectivity index (χ2n) is 2.74. The molecule has 0 radical (unpaired) electrons. The third-order valence-corrected chi connectivity index (χ3v) is 3.10. The second kappa shape index (κ2) is 4.06.